The van der Waals surface area contributed by atoms with Gasteiger partial charge in [0.1, 0.15) is 5.60 Å². The average molecular weight is 305 g/mol. The zero-order valence-electron chi connectivity index (χ0n) is 13.8. The Hall–Kier alpha value is -1.91. The fourth-order valence-corrected chi connectivity index (χ4v) is 2.61. The fraction of sp³-hybridized carbons (Fsp3) is 0.588. The van der Waals surface area contributed by atoms with Crippen LogP contribution in [0.1, 0.15) is 40.0 Å². The number of likely N-dealkylation sites (tertiary alicyclic amines) is 1. The van der Waals surface area contributed by atoms with Crippen molar-refractivity contribution in [2.45, 2.75) is 51.7 Å². The summed E-state index contributed by atoms with van der Waals surface area (Å²) < 4.78 is 5.52. The second-order valence-corrected chi connectivity index (χ2v) is 6.83. The minimum Gasteiger partial charge on any atom is -0.444 e. The normalized spacial score (nSPS) is 18.9. The molecule has 22 heavy (non-hydrogen) atoms. The second-order valence-electron chi connectivity index (χ2n) is 6.83. The SMILES string of the molecule is CC(C)(C)OC(=O)N1CCCC[C@@H]1CNc1ccc(N)cc1. The van der Waals surface area contributed by atoms with Crippen LogP contribution in [0, 0.1) is 0 Å². The highest BCUT2D eigenvalue weighted by Crippen LogP contribution is 2.21. The minimum absolute atomic E-state index is 0.168. The van der Waals surface area contributed by atoms with Crippen LogP contribution in [0.4, 0.5) is 16.2 Å². The second kappa shape index (κ2) is 6.90. The third-order valence-corrected chi connectivity index (χ3v) is 3.71. The lowest BCUT2D eigenvalue weighted by molar-refractivity contribution is 0.0114. The summed E-state index contributed by atoms with van der Waals surface area (Å²) >= 11 is 0. The van der Waals surface area contributed by atoms with Crippen LogP contribution in [0.2, 0.25) is 0 Å². The molecule has 0 spiro atoms. The Balaban J connectivity index is 1.94. The molecule has 5 nitrogen and oxygen atoms in total. The maximum Gasteiger partial charge on any atom is 0.410 e. The molecule has 0 radical (unpaired) electrons. The summed E-state index contributed by atoms with van der Waals surface area (Å²) in [5.41, 5.74) is 7.00. The molecule has 1 aliphatic heterocycles. The van der Waals surface area contributed by atoms with Gasteiger partial charge in [-0.2, -0.15) is 0 Å². The highest BCUT2D eigenvalue weighted by atomic mass is 16.6. The molecule has 1 aromatic rings. The molecule has 3 N–H and O–H groups in total. The van der Waals surface area contributed by atoms with Crippen LogP contribution in [0.15, 0.2) is 24.3 Å². The number of nitrogens with one attached hydrogen (secondary N) is 1. The predicted octanol–water partition coefficient (Wildman–Crippen LogP) is 3.47. The molecule has 1 atom stereocenters. The Bertz CT molecular complexity index is 494. The number of ether oxygens (including phenoxy) is 1. The number of piperidine rings is 1. The van der Waals surface area contributed by atoms with Crippen molar-refractivity contribution >= 4 is 17.5 Å². The molecule has 0 aromatic heterocycles. The summed E-state index contributed by atoms with van der Waals surface area (Å²) in [6.07, 6.45) is 2.97. The molecule has 1 fully saturated rings. The molecule has 0 aliphatic carbocycles. The third kappa shape index (κ3) is 4.83. The van der Waals surface area contributed by atoms with Crippen molar-refractivity contribution < 1.29 is 9.53 Å². The van der Waals surface area contributed by atoms with Gasteiger partial charge in [-0.1, -0.05) is 0 Å². The van der Waals surface area contributed by atoms with Crippen LogP contribution in [-0.2, 0) is 4.74 Å². The van der Waals surface area contributed by atoms with E-state index in [1.165, 1.54) is 0 Å². The van der Waals surface area contributed by atoms with E-state index < -0.39 is 5.60 Å². The van der Waals surface area contributed by atoms with E-state index in [4.69, 9.17) is 10.5 Å². The van der Waals surface area contributed by atoms with Crippen LogP contribution in [0.25, 0.3) is 0 Å². The van der Waals surface area contributed by atoms with E-state index in [2.05, 4.69) is 5.32 Å². The first kappa shape index (κ1) is 16.5. The average Bonchev–Trinajstić information content (AvgIpc) is 2.45. The van der Waals surface area contributed by atoms with Gasteiger partial charge in [0.15, 0.2) is 0 Å². The highest BCUT2D eigenvalue weighted by molar-refractivity contribution is 5.68. The molecule has 2 rings (SSSR count). The van der Waals surface area contributed by atoms with Gasteiger partial charge in [-0.05, 0) is 64.3 Å². The number of nitrogens with two attached hydrogens (primary N) is 1. The molecule has 0 saturated carbocycles. The number of benzene rings is 1. The number of nitrogens with zero attached hydrogens (tertiary/aromatic N) is 1. The number of rotatable bonds is 3. The first-order valence-electron chi connectivity index (χ1n) is 7.94. The Kier molecular flexibility index (Phi) is 5.16. The molecular formula is C17H27N3O2. The smallest absolute Gasteiger partial charge is 0.410 e. The van der Waals surface area contributed by atoms with Gasteiger partial charge in [-0.15, -0.1) is 0 Å². The summed E-state index contributed by atoms with van der Waals surface area (Å²) in [4.78, 5) is 14.2. The number of amides is 1. The van der Waals surface area contributed by atoms with E-state index in [0.29, 0.717) is 0 Å². The Morgan fingerprint density at radius 2 is 2.00 bits per heavy atom. The van der Waals surface area contributed by atoms with Crippen LogP contribution in [-0.4, -0.2) is 35.7 Å². The summed E-state index contributed by atoms with van der Waals surface area (Å²) in [6, 6.07) is 7.82. The van der Waals surface area contributed by atoms with E-state index >= 15 is 0 Å². The molecule has 1 aromatic carbocycles. The Labute approximate surface area is 132 Å². The van der Waals surface area contributed by atoms with Gasteiger partial charge in [0.05, 0.1) is 6.04 Å². The molecule has 1 amide bonds. The summed E-state index contributed by atoms with van der Waals surface area (Å²) in [7, 11) is 0. The van der Waals surface area contributed by atoms with Crippen LogP contribution in [0.5, 0.6) is 0 Å². The van der Waals surface area contributed by atoms with Gasteiger partial charge < -0.3 is 20.7 Å². The van der Waals surface area contributed by atoms with Gasteiger partial charge in [0, 0.05) is 24.5 Å². The zero-order valence-corrected chi connectivity index (χ0v) is 13.8. The number of carbonyl (C=O) groups is 1. The van der Waals surface area contributed by atoms with Gasteiger partial charge >= 0.3 is 6.09 Å². The van der Waals surface area contributed by atoms with Gasteiger partial charge in [-0.3, -0.25) is 0 Å². The largest absolute Gasteiger partial charge is 0.444 e. The van der Waals surface area contributed by atoms with Crippen LogP contribution in [0.3, 0.4) is 0 Å². The number of hydrogen-bond acceptors (Lipinski definition) is 4. The highest BCUT2D eigenvalue weighted by Gasteiger charge is 2.30. The van der Waals surface area contributed by atoms with E-state index in [1.54, 1.807) is 0 Å². The van der Waals surface area contributed by atoms with Crippen molar-refractivity contribution in [3.63, 3.8) is 0 Å². The predicted molar refractivity (Wildman–Crippen MR) is 89.9 cm³/mol. The molecular weight excluding hydrogens is 278 g/mol. The summed E-state index contributed by atoms with van der Waals surface area (Å²) in [5, 5.41) is 3.38. The Morgan fingerprint density at radius 1 is 1.32 bits per heavy atom. The standard InChI is InChI=1S/C17H27N3O2/c1-17(2,3)22-16(21)20-11-5-4-6-15(20)12-19-14-9-7-13(18)8-10-14/h7-10,15,19H,4-6,11-12,18H2,1-3H3/t15-/m1/s1. The molecule has 5 heteroatoms. The number of hydrogen-bond donors (Lipinski definition) is 2. The van der Waals surface area contributed by atoms with Gasteiger partial charge in [0.25, 0.3) is 0 Å². The summed E-state index contributed by atoms with van der Waals surface area (Å²) in [5.74, 6) is 0. The lowest BCUT2D eigenvalue weighted by atomic mass is 10.0. The lowest BCUT2D eigenvalue weighted by Crippen LogP contribution is -2.48. The number of anilines is 2. The Morgan fingerprint density at radius 3 is 2.64 bits per heavy atom. The molecule has 1 saturated heterocycles. The van der Waals surface area contributed by atoms with Gasteiger partial charge in [-0.25, -0.2) is 4.79 Å². The molecule has 1 aliphatic rings. The molecule has 0 unspecified atom stereocenters. The van der Waals surface area contributed by atoms with Crippen molar-refractivity contribution in [1.82, 2.24) is 4.90 Å². The topological polar surface area (TPSA) is 67.6 Å². The molecule has 122 valence electrons. The third-order valence-electron chi connectivity index (χ3n) is 3.71. The van der Waals surface area contributed by atoms with E-state index in [0.717, 1.165) is 43.7 Å². The maximum atomic E-state index is 12.3. The van der Waals surface area contributed by atoms with Crippen LogP contribution < -0.4 is 11.1 Å². The van der Waals surface area contributed by atoms with E-state index in [-0.39, 0.29) is 12.1 Å². The van der Waals surface area contributed by atoms with Crippen molar-refractivity contribution in [2.24, 2.45) is 0 Å². The van der Waals surface area contributed by atoms with Crippen molar-refractivity contribution in [1.29, 1.82) is 0 Å². The monoisotopic (exact) mass is 305 g/mol. The van der Waals surface area contributed by atoms with Crippen molar-refractivity contribution in [2.75, 3.05) is 24.1 Å². The first-order chi connectivity index (χ1) is 10.3. The maximum absolute atomic E-state index is 12.3. The zero-order chi connectivity index (χ0) is 16.2. The van der Waals surface area contributed by atoms with E-state index in [9.17, 15) is 4.79 Å². The number of nitrogen functional groups attached to an aromatic ring is 1. The van der Waals surface area contributed by atoms with Crippen LogP contribution >= 0.6 is 0 Å². The van der Waals surface area contributed by atoms with E-state index in [1.807, 2.05) is 49.9 Å². The first-order valence-corrected chi connectivity index (χ1v) is 7.94. The van der Waals surface area contributed by atoms with Gasteiger partial charge in [0.2, 0.25) is 0 Å². The molecule has 0 bridgehead atoms. The molecule has 1 heterocycles. The number of carbonyl (C=O) groups excluding carboxylic acids is 1. The van der Waals surface area contributed by atoms with Crippen molar-refractivity contribution in [3.05, 3.63) is 24.3 Å². The minimum atomic E-state index is -0.455. The van der Waals surface area contributed by atoms with Crippen molar-refractivity contribution in [3.8, 4) is 0 Å². The fourth-order valence-electron chi connectivity index (χ4n) is 2.61. The summed E-state index contributed by atoms with van der Waals surface area (Å²) in [6.45, 7) is 7.19. The lowest BCUT2D eigenvalue weighted by Gasteiger charge is -2.37. The quantitative estimate of drug-likeness (QED) is 0.839.